The average Bonchev–Trinajstić information content (AvgIpc) is 3.71. The summed E-state index contributed by atoms with van der Waals surface area (Å²) >= 11 is 0. The summed E-state index contributed by atoms with van der Waals surface area (Å²) in [5.74, 6) is 3.12. The lowest BCUT2D eigenvalue weighted by Gasteiger charge is -2.14. The lowest BCUT2D eigenvalue weighted by molar-refractivity contribution is 0.119. The van der Waals surface area contributed by atoms with Crippen molar-refractivity contribution in [2.75, 3.05) is 26.4 Å². The van der Waals surface area contributed by atoms with E-state index in [-0.39, 0.29) is 0 Å². The number of aliphatic hydroxyl groups is 2. The number of furan rings is 2. The molecule has 0 aliphatic heterocycles. The number of unbranched alkanes of at least 4 members (excludes halogenated alkanes) is 12. The summed E-state index contributed by atoms with van der Waals surface area (Å²) in [6.07, 6.45) is 29.9. The molecule has 0 bridgehead atoms. The molecule has 2 aromatic rings. The molecule has 0 aliphatic carbocycles. The fraction of sp³-hybridized carbons (Fsp3) is 0.778. The molecular weight excluding hydrogens is 512 g/mol. The molecule has 0 amide bonds. The van der Waals surface area contributed by atoms with E-state index in [9.17, 15) is 10.2 Å². The van der Waals surface area contributed by atoms with Crippen LogP contribution in [-0.4, -0.2) is 36.6 Å². The second-order valence-electron chi connectivity index (χ2n) is 12.2. The van der Waals surface area contributed by atoms with Crippen molar-refractivity contribution in [2.45, 2.75) is 141 Å². The van der Waals surface area contributed by atoms with Crippen LogP contribution in [0, 0.1) is 11.8 Å². The Morgan fingerprint density at radius 3 is 1.22 bits per heavy atom. The predicted octanol–water partition coefficient (Wildman–Crippen LogP) is 9.69. The normalized spacial score (nSPS) is 13.1. The van der Waals surface area contributed by atoms with E-state index in [1.807, 2.05) is 12.1 Å². The highest BCUT2D eigenvalue weighted by Gasteiger charge is 2.09. The molecule has 5 heteroatoms. The van der Waals surface area contributed by atoms with Crippen LogP contribution in [0.5, 0.6) is 0 Å². The van der Waals surface area contributed by atoms with Crippen molar-refractivity contribution in [1.29, 1.82) is 0 Å². The topological polar surface area (TPSA) is 76.0 Å². The van der Waals surface area contributed by atoms with Crippen LogP contribution in [0.3, 0.4) is 0 Å². The van der Waals surface area contributed by atoms with Crippen molar-refractivity contribution in [1.82, 2.24) is 0 Å². The van der Waals surface area contributed by atoms with Crippen LogP contribution in [0.1, 0.15) is 140 Å². The zero-order chi connectivity index (χ0) is 29.1. The first-order valence-corrected chi connectivity index (χ1v) is 17.2. The minimum atomic E-state index is 0.322. The molecule has 2 N–H and O–H groups in total. The molecule has 0 saturated carbocycles. The zero-order valence-corrected chi connectivity index (χ0v) is 26.1. The SMILES string of the molecule is OCC(CCCCCCCCc1ccco1)CCCCOCCCCC(CO)CCCCCCCCc1ccco1. The summed E-state index contributed by atoms with van der Waals surface area (Å²) in [6, 6.07) is 8.06. The van der Waals surface area contributed by atoms with Gasteiger partial charge in [-0.2, -0.15) is 0 Å². The van der Waals surface area contributed by atoms with E-state index in [2.05, 4.69) is 12.1 Å². The standard InChI is InChI=1S/C36H62O5/c37-31-33(19-9-5-1-3-7-11-23-35-25-17-29-40-35)21-13-15-27-39-28-16-14-22-34(32-38)20-10-6-2-4-8-12-24-36-26-18-30-41-36/h17-18,25-26,29-30,33-34,37-38H,1-16,19-24,27-28,31-32H2. The van der Waals surface area contributed by atoms with Crippen molar-refractivity contribution >= 4 is 0 Å². The predicted molar refractivity (Wildman–Crippen MR) is 169 cm³/mol. The molecule has 0 aromatic carbocycles. The van der Waals surface area contributed by atoms with Crippen LogP contribution >= 0.6 is 0 Å². The summed E-state index contributed by atoms with van der Waals surface area (Å²) in [4.78, 5) is 0. The number of hydrogen-bond donors (Lipinski definition) is 2. The van der Waals surface area contributed by atoms with Gasteiger partial charge in [0.05, 0.1) is 12.5 Å². The van der Waals surface area contributed by atoms with Gasteiger partial charge in [-0.3, -0.25) is 0 Å². The van der Waals surface area contributed by atoms with E-state index in [4.69, 9.17) is 13.6 Å². The molecule has 0 fully saturated rings. The Kier molecular flexibility index (Phi) is 22.7. The second kappa shape index (κ2) is 26.1. The molecule has 0 saturated heterocycles. The highest BCUT2D eigenvalue weighted by atomic mass is 16.5. The lowest BCUT2D eigenvalue weighted by atomic mass is 9.95. The molecule has 0 aliphatic rings. The Morgan fingerprint density at radius 2 is 0.854 bits per heavy atom. The zero-order valence-electron chi connectivity index (χ0n) is 26.1. The Balaban J connectivity index is 1.29. The summed E-state index contributed by atoms with van der Waals surface area (Å²) < 4.78 is 16.6. The largest absolute Gasteiger partial charge is 0.469 e. The molecule has 0 spiro atoms. The summed E-state index contributed by atoms with van der Waals surface area (Å²) in [6.45, 7) is 2.31. The average molecular weight is 575 g/mol. The van der Waals surface area contributed by atoms with Crippen molar-refractivity contribution in [2.24, 2.45) is 11.8 Å². The quantitative estimate of drug-likeness (QED) is 0.0908. The Morgan fingerprint density at radius 1 is 0.488 bits per heavy atom. The first-order chi connectivity index (χ1) is 20.3. The molecule has 2 atom stereocenters. The van der Waals surface area contributed by atoms with Crippen molar-refractivity contribution in [3.63, 3.8) is 0 Å². The maximum Gasteiger partial charge on any atom is 0.103 e. The Bertz CT molecular complexity index is 693. The third kappa shape index (κ3) is 20.1. The van der Waals surface area contributed by atoms with E-state index in [1.54, 1.807) is 12.5 Å². The van der Waals surface area contributed by atoms with Gasteiger partial charge in [0.2, 0.25) is 0 Å². The smallest absolute Gasteiger partial charge is 0.103 e. The molecule has 0 radical (unpaired) electrons. The van der Waals surface area contributed by atoms with Crippen LogP contribution in [0.15, 0.2) is 45.6 Å². The lowest BCUT2D eigenvalue weighted by Crippen LogP contribution is -2.08. The van der Waals surface area contributed by atoms with E-state index in [0.717, 1.165) is 88.9 Å². The van der Waals surface area contributed by atoms with Gasteiger partial charge in [-0.15, -0.1) is 0 Å². The van der Waals surface area contributed by atoms with Gasteiger partial charge in [-0.1, -0.05) is 77.0 Å². The molecule has 2 rings (SSSR count). The van der Waals surface area contributed by atoms with Crippen LogP contribution < -0.4 is 0 Å². The molecule has 2 heterocycles. The summed E-state index contributed by atoms with van der Waals surface area (Å²) in [7, 11) is 0. The van der Waals surface area contributed by atoms with Gasteiger partial charge < -0.3 is 23.8 Å². The summed E-state index contributed by atoms with van der Waals surface area (Å²) in [5.41, 5.74) is 0. The van der Waals surface area contributed by atoms with Crippen molar-refractivity contribution in [3.05, 3.63) is 48.3 Å². The fourth-order valence-electron chi connectivity index (χ4n) is 5.82. The third-order valence-electron chi connectivity index (χ3n) is 8.55. The maximum atomic E-state index is 9.73. The van der Waals surface area contributed by atoms with Crippen molar-refractivity contribution in [3.8, 4) is 0 Å². The number of hydrogen-bond acceptors (Lipinski definition) is 5. The fourth-order valence-corrected chi connectivity index (χ4v) is 5.82. The monoisotopic (exact) mass is 574 g/mol. The minimum Gasteiger partial charge on any atom is -0.469 e. The second-order valence-corrected chi connectivity index (χ2v) is 12.2. The van der Waals surface area contributed by atoms with Gasteiger partial charge >= 0.3 is 0 Å². The number of aliphatic hydroxyl groups excluding tert-OH is 2. The molecule has 236 valence electrons. The summed E-state index contributed by atoms with van der Waals surface area (Å²) in [5, 5.41) is 19.5. The number of ether oxygens (including phenoxy) is 1. The van der Waals surface area contributed by atoms with Gasteiger partial charge in [0, 0.05) is 39.3 Å². The van der Waals surface area contributed by atoms with Gasteiger partial charge in [0.15, 0.2) is 0 Å². The van der Waals surface area contributed by atoms with Crippen LogP contribution in [0.2, 0.25) is 0 Å². The van der Waals surface area contributed by atoms with E-state index >= 15 is 0 Å². The van der Waals surface area contributed by atoms with E-state index in [0.29, 0.717) is 25.0 Å². The van der Waals surface area contributed by atoms with Gasteiger partial charge in [-0.05, 0) is 87.5 Å². The van der Waals surface area contributed by atoms with Crippen LogP contribution in [0.4, 0.5) is 0 Å². The molecule has 2 unspecified atom stereocenters. The molecular formula is C36H62O5. The van der Waals surface area contributed by atoms with Crippen molar-refractivity contribution < 1.29 is 23.8 Å². The first-order valence-electron chi connectivity index (χ1n) is 17.2. The molecule has 2 aromatic heterocycles. The van der Waals surface area contributed by atoms with Gasteiger partial charge in [0.1, 0.15) is 11.5 Å². The number of aryl methyl sites for hydroxylation is 2. The van der Waals surface area contributed by atoms with Gasteiger partial charge in [-0.25, -0.2) is 0 Å². The first kappa shape index (κ1) is 35.6. The van der Waals surface area contributed by atoms with Crippen LogP contribution in [0.25, 0.3) is 0 Å². The molecule has 41 heavy (non-hydrogen) atoms. The van der Waals surface area contributed by atoms with E-state index < -0.39 is 0 Å². The highest BCUT2D eigenvalue weighted by Crippen LogP contribution is 2.19. The highest BCUT2D eigenvalue weighted by molar-refractivity contribution is 4.98. The van der Waals surface area contributed by atoms with E-state index in [1.165, 1.54) is 77.0 Å². The van der Waals surface area contributed by atoms with Crippen LogP contribution in [-0.2, 0) is 17.6 Å². The third-order valence-corrected chi connectivity index (χ3v) is 8.55. The Labute approximate surface area is 251 Å². The number of rotatable bonds is 30. The van der Waals surface area contributed by atoms with Gasteiger partial charge in [0.25, 0.3) is 0 Å². The minimum absolute atomic E-state index is 0.322. The Hall–Kier alpha value is -1.56. The maximum absolute atomic E-state index is 9.73. The molecule has 5 nitrogen and oxygen atoms in total.